The van der Waals surface area contributed by atoms with Gasteiger partial charge in [-0.2, -0.15) is 0 Å². The number of hydrogen-bond donors (Lipinski definition) is 3. The van der Waals surface area contributed by atoms with Gasteiger partial charge >= 0.3 is 0 Å². The van der Waals surface area contributed by atoms with Crippen molar-refractivity contribution in [3.63, 3.8) is 0 Å². The number of phenolic OH excluding ortho intramolecular Hbond substituents is 1. The van der Waals surface area contributed by atoms with Gasteiger partial charge in [-0.3, -0.25) is 0 Å². The van der Waals surface area contributed by atoms with E-state index in [2.05, 4.69) is 0 Å². The van der Waals surface area contributed by atoms with Gasteiger partial charge in [0.1, 0.15) is 5.75 Å². The summed E-state index contributed by atoms with van der Waals surface area (Å²) in [5, 5.41) is 19.1. The zero-order chi connectivity index (χ0) is 11.4. The average Bonchev–Trinajstić information content (AvgIpc) is 2.21. The molecule has 4 N–H and O–H groups in total. The van der Waals surface area contributed by atoms with E-state index in [-0.39, 0.29) is 17.7 Å². The molecule has 3 atom stereocenters. The zero-order valence-corrected chi connectivity index (χ0v) is 9.22. The van der Waals surface area contributed by atoms with Crippen LogP contribution in [0, 0.1) is 0 Å². The van der Waals surface area contributed by atoms with Gasteiger partial charge < -0.3 is 15.9 Å². The molecule has 3 heteroatoms. The molecule has 0 aliphatic carbocycles. The maximum Gasteiger partial charge on any atom is 0.115 e. The minimum atomic E-state index is -0.542. The highest BCUT2D eigenvalue weighted by molar-refractivity contribution is 5.29. The van der Waals surface area contributed by atoms with Crippen molar-refractivity contribution in [2.45, 2.75) is 38.3 Å². The van der Waals surface area contributed by atoms with Crippen LogP contribution < -0.4 is 5.73 Å². The van der Waals surface area contributed by atoms with E-state index in [1.54, 1.807) is 19.1 Å². The molecule has 84 valence electrons. The molecular formula is C12H19NO2. The molecule has 0 aliphatic rings. The number of nitrogens with two attached hydrogens (primary N) is 1. The highest BCUT2D eigenvalue weighted by atomic mass is 16.3. The summed E-state index contributed by atoms with van der Waals surface area (Å²) >= 11 is 0. The molecule has 15 heavy (non-hydrogen) atoms. The Balaban J connectivity index is 2.87. The van der Waals surface area contributed by atoms with Gasteiger partial charge in [0.2, 0.25) is 0 Å². The third kappa shape index (κ3) is 2.94. The van der Waals surface area contributed by atoms with Gasteiger partial charge in [0, 0.05) is 12.0 Å². The van der Waals surface area contributed by atoms with Gasteiger partial charge in [-0.1, -0.05) is 19.1 Å². The number of hydrogen-bond acceptors (Lipinski definition) is 3. The molecule has 1 unspecified atom stereocenters. The highest BCUT2D eigenvalue weighted by Crippen LogP contribution is 2.26. The molecule has 1 aromatic carbocycles. The fourth-order valence-corrected chi connectivity index (χ4v) is 1.76. The number of benzene rings is 1. The molecule has 0 aliphatic heterocycles. The smallest absolute Gasteiger partial charge is 0.115 e. The Kier molecular flexibility index (Phi) is 4.12. The maximum absolute atomic E-state index is 9.92. The highest BCUT2D eigenvalue weighted by Gasteiger charge is 2.22. The fraction of sp³-hybridized carbons (Fsp3) is 0.500. The minimum Gasteiger partial charge on any atom is -0.508 e. The van der Waals surface area contributed by atoms with Gasteiger partial charge in [-0.05, 0) is 31.0 Å². The largest absolute Gasteiger partial charge is 0.508 e. The van der Waals surface area contributed by atoms with E-state index in [1.807, 2.05) is 19.1 Å². The van der Waals surface area contributed by atoms with Gasteiger partial charge in [-0.15, -0.1) is 0 Å². The van der Waals surface area contributed by atoms with Crippen molar-refractivity contribution < 1.29 is 10.2 Å². The van der Waals surface area contributed by atoms with E-state index >= 15 is 0 Å². The van der Waals surface area contributed by atoms with Gasteiger partial charge in [-0.25, -0.2) is 0 Å². The lowest BCUT2D eigenvalue weighted by Gasteiger charge is -2.24. The van der Waals surface area contributed by atoms with Crippen LogP contribution in [0.1, 0.15) is 31.7 Å². The van der Waals surface area contributed by atoms with Gasteiger partial charge in [0.15, 0.2) is 0 Å². The summed E-state index contributed by atoms with van der Waals surface area (Å²) in [5.41, 5.74) is 6.69. The molecule has 0 fully saturated rings. The predicted molar refractivity (Wildman–Crippen MR) is 60.8 cm³/mol. The number of aliphatic hydroxyl groups is 1. The van der Waals surface area contributed by atoms with Crippen molar-refractivity contribution in [2.75, 3.05) is 0 Å². The van der Waals surface area contributed by atoms with Gasteiger partial charge in [0.25, 0.3) is 0 Å². The quantitative estimate of drug-likeness (QED) is 0.705. The minimum absolute atomic E-state index is 0.0330. The molecule has 1 rings (SSSR count). The van der Waals surface area contributed by atoms with Crippen LogP contribution in [0.3, 0.4) is 0 Å². The van der Waals surface area contributed by atoms with Crippen LogP contribution in [0.4, 0.5) is 0 Å². The Hall–Kier alpha value is -1.06. The van der Waals surface area contributed by atoms with E-state index in [0.717, 1.165) is 12.0 Å². The number of aliphatic hydroxyl groups excluding tert-OH is 1. The summed E-state index contributed by atoms with van der Waals surface area (Å²) in [6.07, 6.45) is 0.285. The van der Waals surface area contributed by atoms with Crippen molar-refractivity contribution in [1.29, 1.82) is 0 Å². The first-order valence-electron chi connectivity index (χ1n) is 5.28. The Morgan fingerprint density at radius 1 is 1.27 bits per heavy atom. The summed E-state index contributed by atoms with van der Waals surface area (Å²) in [6, 6.07) is 6.67. The molecule has 0 saturated carbocycles. The monoisotopic (exact) mass is 209 g/mol. The molecule has 0 saturated heterocycles. The molecule has 0 bridgehead atoms. The Morgan fingerprint density at radius 3 is 2.20 bits per heavy atom. The zero-order valence-electron chi connectivity index (χ0n) is 9.22. The second-order valence-corrected chi connectivity index (χ2v) is 3.96. The van der Waals surface area contributed by atoms with Crippen molar-refractivity contribution in [3.8, 4) is 5.75 Å². The van der Waals surface area contributed by atoms with Crippen molar-refractivity contribution in [1.82, 2.24) is 0 Å². The third-order valence-electron chi connectivity index (χ3n) is 2.71. The Morgan fingerprint density at radius 2 is 1.80 bits per heavy atom. The van der Waals surface area contributed by atoms with E-state index in [9.17, 15) is 10.2 Å². The summed E-state index contributed by atoms with van der Waals surface area (Å²) in [6.45, 7) is 3.82. The molecule has 3 nitrogen and oxygen atoms in total. The predicted octanol–water partition coefficient (Wildman–Crippen LogP) is 1.59. The van der Waals surface area contributed by atoms with E-state index < -0.39 is 6.10 Å². The summed E-state index contributed by atoms with van der Waals surface area (Å²) in [7, 11) is 0. The molecule has 0 radical (unpaired) electrons. The van der Waals surface area contributed by atoms with Crippen molar-refractivity contribution in [3.05, 3.63) is 29.8 Å². The van der Waals surface area contributed by atoms with Crippen LogP contribution >= 0.6 is 0 Å². The second kappa shape index (κ2) is 5.14. The molecule has 1 aromatic rings. The van der Waals surface area contributed by atoms with Crippen LogP contribution in [0.15, 0.2) is 24.3 Å². The van der Waals surface area contributed by atoms with Crippen molar-refractivity contribution >= 4 is 0 Å². The molecule has 0 spiro atoms. The summed E-state index contributed by atoms with van der Waals surface area (Å²) in [5.74, 6) is 0.273. The molecule has 0 heterocycles. The molecule has 0 aromatic heterocycles. The SMILES string of the molecule is CC[C@@H](c1ccc(O)cc1)C(O)[C@@H](C)N. The lowest BCUT2D eigenvalue weighted by molar-refractivity contribution is 0.118. The maximum atomic E-state index is 9.92. The Bertz CT molecular complexity index is 295. The summed E-state index contributed by atoms with van der Waals surface area (Å²) < 4.78 is 0. The van der Waals surface area contributed by atoms with E-state index in [0.29, 0.717) is 0 Å². The standard InChI is InChI=1S/C12H19NO2/c1-3-11(12(15)8(2)13)9-4-6-10(14)7-5-9/h4-8,11-12,14-15H,3,13H2,1-2H3/t8-,11+,12?/m1/s1. The average molecular weight is 209 g/mol. The third-order valence-corrected chi connectivity index (χ3v) is 2.71. The van der Waals surface area contributed by atoms with Crippen LogP contribution in [0.2, 0.25) is 0 Å². The van der Waals surface area contributed by atoms with Crippen LogP contribution in [-0.4, -0.2) is 22.4 Å². The number of aromatic hydroxyl groups is 1. The first kappa shape index (κ1) is 12.0. The van der Waals surface area contributed by atoms with Crippen LogP contribution in [-0.2, 0) is 0 Å². The van der Waals surface area contributed by atoms with E-state index in [1.165, 1.54) is 0 Å². The topological polar surface area (TPSA) is 66.5 Å². The van der Waals surface area contributed by atoms with Gasteiger partial charge in [0.05, 0.1) is 6.10 Å². The molecular weight excluding hydrogens is 190 g/mol. The normalized spacial score (nSPS) is 17.1. The first-order chi connectivity index (χ1) is 7.06. The van der Waals surface area contributed by atoms with E-state index in [4.69, 9.17) is 5.73 Å². The second-order valence-electron chi connectivity index (χ2n) is 3.96. The number of rotatable bonds is 4. The number of phenols is 1. The molecule has 0 amide bonds. The Labute approximate surface area is 90.5 Å². The first-order valence-corrected chi connectivity index (χ1v) is 5.28. The fourth-order valence-electron chi connectivity index (χ4n) is 1.76. The summed E-state index contributed by atoms with van der Waals surface area (Å²) in [4.78, 5) is 0. The lowest BCUT2D eigenvalue weighted by Crippen LogP contribution is -2.36. The van der Waals surface area contributed by atoms with Crippen LogP contribution in [0.25, 0.3) is 0 Å². The van der Waals surface area contributed by atoms with Crippen LogP contribution in [0.5, 0.6) is 5.75 Å². The lowest BCUT2D eigenvalue weighted by atomic mass is 9.88. The van der Waals surface area contributed by atoms with Crippen molar-refractivity contribution in [2.24, 2.45) is 5.73 Å².